The molecule has 0 aliphatic heterocycles. The number of hydrogen-bond acceptors (Lipinski definition) is 3. The quantitative estimate of drug-likeness (QED) is 0.348. The predicted octanol–water partition coefficient (Wildman–Crippen LogP) is -2.99. The van der Waals surface area contributed by atoms with E-state index in [1.165, 1.54) is 5.97 Å². The van der Waals surface area contributed by atoms with E-state index in [2.05, 4.69) is 7.85 Å². The number of carboxylic acid groups (broad SMARTS) is 1. The van der Waals surface area contributed by atoms with Crippen LogP contribution < -0.4 is 35.7 Å². The van der Waals surface area contributed by atoms with Crippen LogP contribution in [0.15, 0.2) is 0 Å². The molecule has 0 fully saturated rings. The molecule has 0 saturated carbocycles. The van der Waals surface area contributed by atoms with Crippen LogP contribution in [0.3, 0.4) is 0 Å². The molecule has 0 heterocycles. The van der Waals surface area contributed by atoms with Gasteiger partial charge in [0, 0.05) is 6.92 Å². The van der Waals surface area contributed by atoms with Gasteiger partial charge in [-0.15, -0.1) is 0 Å². The molecule has 2 radical (unpaired) electrons. The number of carboxylic acids is 1. The van der Waals surface area contributed by atoms with Crippen molar-refractivity contribution in [2.45, 2.75) is 6.92 Å². The van der Waals surface area contributed by atoms with Gasteiger partial charge in [0.2, 0.25) is 7.85 Å². The molecule has 0 bridgehead atoms. The standard InChI is InChI=1S/C2H4O2.CBN.H3N.Na.H/c1-2(3)4;2-1-3;;;/h1H3,(H,3,4);;1H3;;/q;;;+1;-1. The summed E-state index contributed by atoms with van der Waals surface area (Å²) in [4.78, 5) is 9.00. The van der Waals surface area contributed by atoms with Crippen LogP contribution in [0.25, 0.3) is 0 Å². The topological polar surface area (TPSA) is 96.1 Å². The third-order valence-corrected chi connectivity index (χ3v) is 0. The minimum absolute atomic E-state index is 0. The summed E-state index contributed by atoms with van der Waals surface area (Å²) < 4.78 is 0. The predicted molar refractivity (Wildman–Crippen MR) is 30.8 cm³/mol. The molecule has 0 unspecified atom stereocenters. The molecule has 4 N–H and O–H groups in total. The minimum Gasteiger partial charge on any atom is -1.00 e. The van der Waals surface area contributed by atoms with Crippen molar-refractivity contribution in [3.63, 3.8) is 0 Å². The van der Waals surface area contributed by atoms with Crippen molar-refractivity contribution in [3.8, 4) is 5.97 Å². The molecule has 0 rings (SSSR count). The van der Waals surface area contributed by atoms with Gasteiger partial charge in [0.25, 0.3) is 5.97 Å². The average Bonchev–Trinajstić information content (AvgIpc) is 1.33. The van der Waals surface area contributed by atoms with Crippen LogP contribution in [0.2, 0.25) is 0 Å². The van der Waals surface area contributed by atoms with E-state index in [-0.39, 0.29) is 37.1 Å². The second kappa shape index (κ2) is 24.5. The number of nitrogens with zero attached hydrogens (tertiary/aromatic N) is 1. The van der Waals surface area contributed by atoms with Crippen LogP contribution in [0.4, 0.5) is 0 Å². The van der Waals surface area contributed by atoms with E-state index < -0.39 is 5.97 Å². The first kappa shape index (κ1) is 23.1. The summed E-state index contributed by atoms with van der Waals surface area (Å²) in [7, 11) is 4.15. The minimum atomic E-state index is -0.833. The van der Waals surface area contributed by atoms with E-state index in [1.54, 1.807) is 0 Å². The number of carbonyl (C=O) groups is 1. The number of rotatable bonds is 0. The molecular weight excluding hydrogens is 130 g/mol. The zero-order valence-corrected chi connectivity index (χ0v) is 7.59. The van der Waals surface area contributed by atoms with E-state index in [4.69, 9.17) is 15.2 Å². The van der Waals surface area contributed by atoms with Gasteiger partial charge < -0.3 is 12.7 Å². The largest absolute Gasteiger partial charge is 1.00 e. The van der Waals surface area contributed by atoms with Crippen LogP contribution in [0, 0.1) is 11.2 Å². The molecule has 0 aromatic carbocycles. The first-order valence-corrected chi connectivity index (χ1v) is 1.44. The Morgan fingerprint density at radius 2 is 1.89 bits per heavy atom. The summed E-state index contributed by atoms with van der Waals surface area (Å²) in [6.07, 6.45) is 0. The molecule has 0 aliphatic rings. The maximum atomic E-state index is 9.00. The molecule has 9 heavy (non-hydrogen) atoms. The Kier molecular flexibility index (Phi) is 62.8. The van der Waals surface area contributed by atoms with Crippen molar-refractivity contribution in [1.29, 1.82) is 5.26 Å². The van der Waals surface area contributed by atoms with Crippen LogP contribution in [-0.4, -0.2) is 18.9 Å². The Hall–Kier alpha value is -0.0151. The van der Waals surface area contributed by atoms with Crippen molar-refractivity contribution in [1.82, 2.24) is 6.15 Å². The molecule has 0 aromatic rings. The zero-order valence-electron chi connectivity index (χ0n) is 6.59. The fourth-order valence-electron chi connectivity index (χ4n) is 0. The summed E-state index contributed by atoms with van der Waals surface area (Å²) in [5, 5.41) is 14.5. The molecule has 0 amide bonds. The Morgan fingerprint density at radius 3 is 1.89 bits per heavy atom. The molecule has 0 aromatic heterocycles. The summed E-state index contributed by atoms with van der Waals surface area (Å²) >= 11 is 0. The van der Waals surface area contributed by atoms with Crippen molar-refractivity contribution >= 4 is 13.8 Å². The fraction of sp³-hybridized carbons (Fsp3) is 0.333. The number of nitriles is 1. The van der Waals surface area contributed by atoms with Gasteiger partial charge in [-0.05, 0) is 5.97 Å². The molecule has 0 spiro atoms. The van der Waals surface area contributed by atoms with E-state index in [0.717, 1.165) is 6.92 Å². The van der Waals surface area contributed by atoms with E-state index in [0.29, 0.717) is 0 Å². The van der Waals surface area contributed by atoms with Gasteiger partial charge in [0.1, 0.15) is 0 Å². The molecule has 0 saturated heterocycles. The maximum Gasteiger partial charge on any atom is 1.00 e. The third-order valence-electron chi connectivity index (χ3n) is 0. The van der Waals surface area contributed by atoms with E-state index >= 15 is 0 Å². The summed E-state index contributed by atoms with van der Waals surface area (Å²) in [5.74, 6) is 0.417. The molecule has 0 atom stereocenters. The number of aliphatic carboxylic acids is 1. The maximum absolute atomic E-state index is 9.00. The molecule has 46 valence electrons. The molecular formula is C3H8BN2NaO2. The van der Waals surface area contributed by atoms with E-state index in [1.807, 2.05) is 0 Å². The van der Waals surface area contributed by atoms with Gasteiger partial charge in [-0.2, -0.15) is 0 Å². The van der Waals surface area contributed by atoms with Gasteiger partial charge in [-0.3, -0.25) is 4.79 Å². The Labute approximate surface area is 79.0 Å². The second-order valence-electron chi connectivity index (χ2n) is 0.648. The van der Waals surface area contributed by atoms with Crippen LogP contribution in [0.1, 0.15) is 8.35 Å². The van der Waals surface area contributed by atoms with Crippen LogP contribution in [0.5, 0.6) is 0 Å². The monoisotopic (exact) mass is 138 g/mol. The third kappa shape index (κ3) is 1260000. The van der Waals surface area contributed by atoms with Crippen molar-refractivity contribution in [3.05, 3.63) is 0 Å². The Morgan fingerprint density at radius 1 is 1.89 bits per heavy atom. The van der Waals surface area contributed by atoms with Crippen molar-refractivity contribution in [2.24, 2.45) is 0 Å². The molecule has 0 aliphatic carbocycles. The van der Waals surface area contributed by atoms with Crippen molar-refractivity contribution < 1.29 is 40.9 Å². The first-order chi connectivity index (χ1) is 3.15. The van der Waals surface area contributed by atoms with Gasteiger partial charge >= 0.3 is 29.6 Å². The average molecular weight is 138 g/mol. The second-order valence-corrected chi connectivity index (χ2v) is 0.648. The van der Waals surface area contributed by atoms with Gasteiger partial charge in [-0.25, -0.2) is 5.26 Å². The van der Waals surface area contributed by atoms with Crippen molar-refractivity contribution in [2.75, 3.05) is 0 Å². The van der Waals surface area contributed by atoms with Crippen LogP contribution in [-0.2, 0) is 4.79 Å². The Balaban J connectivity index is -0.0000000131. The normalized spacial score (nSPS) is 3.56. The van der Waals surface area contributed by atoms with Crippen LogP contribution >= 0.6 is 0 Å². The van der Waals surface area contributed by atoms with E-state index in [9.17, 15) is 0 Å². The smallest absolute Gasteiger partial charge is 1.00 e. The molecule has 4 nitrogen and oxygen atoms in total. The fourth-order valence-corrected chi connectivity index (χ4v) is 0. The summed E-state index contributed by atoms with van der Waals surface area (Å²) in [6, 6.07) is 0. The summed E-state index contributed by atoms with van der Waals surface area (Å²) in [5.41, 5.74) is 0. The summed E-state index contributed by atoms with van der Waals surface area (Å²) in [6.45, 7) is 1.08. The number of hydrogen-bond donors (Lipinski definition) is 2. The van der Waals surface area contributed by atoms with Gasteiger partial charge in [-0.1, -0.05) is 0 Å². The van der Waals surface area contributed by atoms with Gasteiger partial charge in [0.05, 0.1) is 0 Å². The first-order valence-electron chi connectivity index (χ1n) is 1.44. The Bertz CT molecular complexity index is 93.0. The van der Waals surface area contributed by atoms with Gasteiger partial charge in [0.15, 0.2) is 0 Å². The molecule has 6 heteroatoms. The SMILES string of the molecule is CC(=O)O.N.[B]C#N.[H-].[Na+]. The zero-order chi connectivity index (χ0) is 6.28.